The number of hydrogen-bond donors (Lipinski definition) is 2. The van der Waals surface area contributed by atoms with Crippen molar-refractivity contribution < 1.29 is 19.4 Å². The average molecular weight is 322 g/mol. The highest BCUT2D eigenvalue weighted by atomic mass is 79.9. The standard InChI is InChI=1S/C10H12BrNO4S/c1-16-3-2-7(10(14)15)12-9(13)6-4-8(11)17-5-6/h4-5,7H,2-3H2,1H3,(H,12,13)(H,14,15). The molecule has 1 atom stereocenters. The lowest BCUT2D eigenvalue weighted by Crippen LogP contribution is -2.41. The molecule has 1 heterocycles. The SMILES string of the molecule is COCCC(NC(=O)c1csc(Br)c1)C(=O)O. The van der Waals surface area contributed by atoms with E-state index >= 15 is 0 Å². The second kappa shape index (κ2) is 6.73. The Morgan fingerprint density at radius 3 is 2.82 bits per heavy atom. The largest absolute Gasteiger partial charge is 0.480 e. The predicted molar refractivity (Wildman–Crippen MR) is 67.4 cm³/mol. The molecule has 0 spiro atoms. The molecule has 17 heavy (non-hydrogen) atoms. The Balaban J connectivity index is 2.60. The van der Waals surface area contributed by atoms with E-state index in [4.69, 9.17) is 9.84 Å². The summed E-state index contributed by atoms with van der Waals surface area (Å²) in [5.74, 6) is -1.46. The highest BCUT2D eigenvalue weighted by Gasteiger charge is 2.20. The van der Waals surface area contributed by atoms with Crippen LogP contribution in [0.25, 0.3) is 0 Å². The third-order valence-corrected chi connectivity index (χ3v) is 3.55. The van der Waals surface area contributed by atoms with Gasteiger partial charge < -0.3 is 15.2 Å². The first kappa shape index (κ1) is 14.1. The van der Waals surface area contributed by atoms with Gasteiger partial charge in [-0.1, -0.05) is 0 Å². The summed E-state index contributed by atoms with van der Waals surface area (Å²) in [5.41, 5.74) is 0.450. The van der Waals surface area contributed by atoms with Crippen LogP contribution in [0.1, 0.15) is 16.8 Å². The van der Waals surface area contributed by atoms with Gasteiger partial charge in [-0.05, 0) is 22.0 Å². The lowest BCUT2D eigenvalue weighted by Gasteiger charge is -2.13. The summed E-state index contributed by atoms with van der Waals surface area (Å²) in [6, 6.07) is 0.719. The first-order chi connectivity index (χ1) is 8.04. The first-order valence-corrected chi connectivity index (χ1v) is 6.48. The molecule has 1 amide bonds. The molecule has 0 saturated heterocycles. The summed E-state index contributed by atoms with van der Waals surface area (Å²) in [5, 5.41) is 13.0. The Labute approximate surface area is 111 Å². The Hall–Kier alpha value is -0.920. The van der Waals surface area contributed by atoms with Gasteiger partial charge in [-0.2, -0.15) is 0 Å². The quantitative estimate of drug-likeness (QED) is 0.836. The van der Waals surface area contributed by atoms with E-state index in [2.05, 4.69) is 21.2 Å². The molecule has 2 N–H and O–H groups in total. The molecule has 0 aliphatic rings. The number of carbonyl (C=O) groups is 2. The van der Waals surface area contributed by atoms with Crippen molar-refractivity contribution >= 4 is 39.1 Å². The number of carboxylic acid groups (broad SMARTS) is 1. The van der Waals surface area contributed by atoms with Crippen LogP contribution in [0, 0.1) is 0 Å². The lowest BCUT2D eigenvalue weighted by atomic mass is 10.2. The maximum atomic E-state index is 11.7. The zero-order valence-electron chi connectivity index (χ0n) is 9.10. The molecule has 1 aromatic heterocycles. The van der Waals surface area contributed by atoms with Crippen molar-refractivity contribution in [3.63, 3.8) is 0 Å². The number of thiophene rings is 1. The maximum Gasteiger partial charge on any atom is 0.326 e. The number of nitrogens with one attached hydrogen (secondary N) is 1. The van der Waals surface area contributed by atoms with Crippen LogP contribution in [0.5, 0.6) is 0 Å². The summed E-state index contributed by atoms with van der Waals surface area (Å²) in [6.07, 6.45) is 0.239. The van der Waals surface area contributed by atoms with Crippen LogP contribution >= 0.6 is 27.3 Å². The van der Waals surface area contributed by atoms with Crippen molar-refractivity contribution in [2.75, 3.05) is 13.7 Å². The van der Waals surface area contributed by atoms with Crippen molar-refractivity contribution in [2.45, 2.75) is 12.5 Å². The molecule has 0 aliphatic carbocycles. The van der Waals surface area contributed by atoms with E-state index < -0.39 is 17.9 Å². The zero-order chi connectivity index (χ0) is 12.8. The van der Waals surface area contributed by atoms with Gasteiger partial charge in [0.15, 0.2) is 0 Å². The third kappa shape index (κ3) is 4.45. The molecule has 5 nitrogen and oxygen atoms in total. The minimum atomic E-state index is -1.07. The molecule has 0 radical (unpaired) electrons. The molecule has 1 rings (SSSR count). The Morgan fingerprint density at radius 2 is 2.35 bits per heavy atom. The summed E-state index contributed by atoms with van der Waals surface area (Å²) in [4.78, 5) is 22.6. The van der Waals surface area contributed by atoms with Gasteiger partial charge in [0.1, 0.15) is 6.04 Å². The molecule has 7 heteroatoms. The van der Waals surface area contributed by atoms with Crippen molar-refractivity contribution in [2.24, 2.45) is 0 Å². The van der Waals surface area contributed by atoms with Gasteiger partial charge in [-0.15, -0.1) is 11.3 Å². The minimum Gasteiger partial charge on any atom is -0.480 e. The van der Waals surface area contributed by atoms with E-state index in [-0.39, 0.29) is 13.0 Å². The fourth-order valence-corrected chi connectivity index (χ4v) is 2.30. The van der Waals surface area contributed by atoms with Gasteiger partial charge in [0.25, 0.3) is 5.91 Å². The van der Waals surface area contributed by atoms with Crippen molar-refractivity contribution in [3.8, 4) is 0 Å². The maximum absolute atomic E-state index is 11.7. The van der Waals surface area contributed by atoms with E-state index in [1.54, 1.807) is 11.4 Å². The highest BCUT2D eigenvalue weighted by Crippen LogP contribution is 2.20. The van der Waals surface area contributed by atoms with Crippen molar-refractivity contribution in [1.29, 1.82) is 0 Å². The molecule has 1 aromatic rings. The summed E-state index contributed by atoms with van der Waals surface area (Å²) in [7, 11) is 1.48. The van der Waals surface area contributed by atoms with E-state index in [0.717, 1.165) is 3.79 Å². The molecule has 0 bridgehead atoms. The van der Waals surface area contributed by atoms with E-state index in [0.29, 0.717) is 5.56 Å². The van der Waals surface area contributed by atoms with E-state index in [1.807, 2.05) is 0 Å². The van der Waals surface area contributed by atoms with Crippen LogP contribution < -0.4 is 5.32 Å². The van der Waals surface area contributed by atoms with E-state index in [9.17, 15) is 9.59 Å². The number of hydrogen-bond acceptors (Lipinski definition) is 4. The number of rotatable bonds is 6. The van der Waals surface area contributed by atoms with Crippen LogP contribution in [0.15, 0.2) is 15.2 Å². The monoisotopic (exact) mass is 321 g/mol. The molecular weight excluding hydrogens is 310 g/mol. The van der Waals surface area contributed by atoms with Gasteiger partial charge in [-0.3, -0.25) is 4.79 Å². The van der Waals surface area contributed by atoms with Crippen LogP contribution in [0.3, 0.4) is 0 Å². The van der Waals surface area contributed by atoms with Crippen LogP contribution in [-0.4, -0.2) is 36.7 Å². The number of carbonyl (C=O) groups excluding carboxylic acids is 1. The normalized spacial score (nSPS) is 12.1. The van der Waals surface area contributed by atoms with Gasteiger partial charge in [0, 0.05) is 25.5 Å². The fraction of sp³-hybridized carbons (Fsp3) is 0.400. The summed E-state index contributed by atoms with van der Waals surface area (Å²) >= 11 is 4.61. The highest BCUT2D eigenvalue weighted by molar-refractivity contribution is 9.11. The van der Waals surface area contributed by atoms with Crippen LogP contribution in [0.4, 0.5) is 0 Å². The van der Waals surface area contributed by atoms with E-state index in [1.165, 1.54) is 18.4 Å². The van der Waals surface area contributed by atoms with Crippen molar-refractivity contribution in [1.82, 2.24) is 5.32 Å². The molecule has 0 saturated carbocycles. The number of methoxy groups -OCH3 is 1. The minimum absolute atomic E-state index is 0.239. The molecule has 0 aliphatic heterocycles. The predicted octanol–water partition coefficient (Wildman–Crippen LogP) is 1.73. The molecule has 94 valence electrons. The molecule has 0 aromatic carbocycles. The fourth-order valence-electron chi connectivity index (χ4n) is 1.16. The average Bonchev–Trinajstić information content (AvgIpc) is 2.70. The van der Waals surface area contributed by atoms with Gasteiger partial charge >= 0.3 is 5.97 Å². The third-order valence-electron chi connectivity index (χ3n) is 2.04. The van der Waals surface area contributed by atoms with Gasteiger partial charge in [0.05, 0.1) is 9.35 Å². The second-order valence-electron chi connectivity index (χ2n) is 3.29. The molecule has 0 fully saturated rings. The Kier molecular flexibility index (Phi) is 5.60. The van der Waals surface area contributed by atoms with Crippen LogP contribution in [0.2, 0.25) is 0 Å². The lowest BCUT2D eigenvalue weighted by molar-refractivity contribution is -0.139. The Bertz CT molecular complexity index is 407. The Morgan fingerprint density at radius 1 is 1.65 bits per heavy atom. The first-order valence-electron chi connectivity index (χ1n) is 4.81. The van der Waals surface area contributed by atoms with Crippen LogP contribution in [-0.2, 0) is 9.53 Å². The number of aliphatic carboxylic acids is 1. The second-order valence-corrected chi connectivity index (χ2v) is 5.58. The number of ether oxygens (including phenoxy) is 1. The zero-order valence-corrected chi connectivity index (χ0v) is 11.5. The summed E-state index contributed by atoms with van der Waals surface area (Å²) < 4.78 is 5.62. The topological polar surface area (TPSA) is 75.6 Å². The number of carboxylic acids is 1. The molecule has 1 unspecified atom stereocenters. The van der Waals surface area contributed by atoms with Gasteiger partial charge in [0.2, 0.25) is 0 Å². The summed E-state index contributed by atoms with van der Waals surface area (Å²) in [6.45, 7) is 0.282. The smallest absolute Gasteiger partial charge is 0.326 e. The van der Waals surface area contributed by atoms with Gasteiger partial charge in [-0.25, -0.2) is 4.79 Å². The molecular formula is C10H12BrNO4S. The number of amides is 1. The van der Waals surface area contributed by atoms with Crippen molar-refractivity contribution in [3.05, 3.63) is 20.8 Å². The number of halogens is 1.